The predicted octanol–water partition coefficient (Wildman–Crippen LogP) is 1.23. The van der Waals surface area contributed by atoms with Crippen LogP contribution in [0.15, 0.2) is 4.99 Å². The van der Waals surface area contributed by atoms with E-state index in [2.05, 4.69) is 15.6 Å². The van der Waals surface area contributed by atoms with E-state index in [1.54, 1.807) is 7.11 Å². The monoisotopic (exact) mass is 354 g/mol. The lowest BCUT2D eigenvalue weighted by molar-refractivity contribution is -0.143. The van der Waals surface area contributed by atoms with E-state index in [-0.39, 0.29) is 6.04 Å². The fourth-order valence-electron chi connectivity index (χ4n) is 2.46. The number of ether oxygens (including phenoxy) is 2. The highest BCUT2D eigenvalue weighted by Gasteiger charge is 2.34. The largest absolute Gasteiger partial charge is 0.401 e. The molecule has 0 aromatic heterocycles. The van der Waals surface area contributed by atoms with Gasteiger partial charge in [-0.2, -0.15) is 13.2 Å². The second-order valence-electron chi connectivity index (χ2n) is 5.70. The van der Waals surface area contributed by atoms with Crippen LogP contribution in [0.3, 0.4) is 0 Å². The maximum Gasteiger partial charge on any atom is 0.401 e. The molecule has 1 unspecified atom stereocenters. The van der Waals surface area contributed by atoms with E-state index in [9.17, 15) is 13.2 Å². The van der Waals surface area contributed by atoms with Crippen molar-refractivity contribution in [1.82, 2.24) is 15.5 Å². The Bertz CT molecular complexity index is 367. The number of halogens is 3. The van der Waals surface area contributed by atoms with Gasteiger partial charge in [0.15, 0.2) is 5.96 Å². The van der Waals surface area contributed by atoms with E-state index in [0.717, 1.165) is 6.42 Å². The quantitative estimate of drug-likeness (QED) is 0.351. The van der Waals surface area contributed by atoms with Gasteiger partial charge in [-0.15, -0.1) is 0 Å². The molecule has 24 heavy (non-hydrogen) atoms. The topological polar surface area (TPSA) is 58.1 Å². The normalized spacial score (nSPS) is 19.7. The number of alkyl halides is 3. The number of nitrogens with one attached hydrogen (secondary N) is 2. The van der Waals surface area contributed by atoms with Crippen molar-refractivity contribution in [3.8, 4) is 0 Å². The minimum absolute atomic E-state index is 0.0110. The fraction of sp³-hybridized carbons (Fsp3) is 0.933. The highest BCUT2D eigenvalue weighted by atomic mass is 19.4. The van der Waals surface area contributed by atoms with E-state index in [4.69, 9.17) is 9.47 Å². The summed E-state index contributed by atoms with van der Waals surface area (Å²) in [4.78, 5) is 5.86. The van der Waals surface area contributed by atoms with Crippen molar-refractivity contribution >= 4 is 5.96 Å². The van der Waals surface area contributed by atoms with Crippen LogP contribution in [0.1, 0.15) is 19.8 Å². The molecule has 0 aromatic carbocycles. The Balaban J connectivity index is 2.28. The van der Waals surface area contributed by atoms with Gasteiger partial charge in [-0.05, 0) is 19.8 Å². The maximum absolute atomic E-state index is 12.4. The molecule has 0 bridgehead atoms. The number of guanidine groups is 1. The first-order valence-electron chi connectivity index (χ1n) is 8.35. The Morgan fingerprint density at radius 1 is 1.29 bits per heavy atom. The Labute approximate surface area is 141 Å². The van der Waals surface area contributed by atoms with Gasteiger partial charge in [0.25, 0.3) is 0 Å². The molecule has 0 amide bonds. The van der Waals surface area contributed by atoms with Gasteiger partial charge in [-0.1, -0.05) is 0 Å². The van der Waals surface area contributed by atoms with Gasteiger partial charge in [0, 0.05) is 45.9 Å². The molecule has 1 fully saturated rings. The standard InChI is InChI=1S/C15H29F3N4O2/c1-3-19-14(20-6-4-8-24-10-9-23-2)21-13-5-7-22(11-13)12-15(16,17)18/h13H,3-12H2,1-2H3,(H2,19,20,21). The van der Waals surface area contributed by atoms with Crippen LogP contribution in [-0.2, 0) is 9.47 Å². The zero-order chi connectivity index (χ0) is 17.8. The Kier molecular flexibility index (Phi) is 10.0. The molecule has 142 valence electrons. The second-order valence-corrected chi connectivity index (χ2v) is 5.70. The maximum atomic E-state index is 12.4. The third-order valence-electron chi connectivity index (χ3n) is 3.51. The van der Waals surface area contributed by atoms with Crippen molar-refractivity contribution in [1.29, 1.82) is 0 Å². The lowest BCUT2D eigenvalue weighted by atomic mass is 10.3. The number of nitrogens with zero attached hydrogens (tertiary/aromatic N) is 2. The summed E-state index contributed by atoms with van der Waals surface area (Å²) in [6, 6.07) is -0.0110. The minimum Gasteiger partial charge on any atom is -0.382 e. The van der Waals surface area contributed by atoms with E-state index < -0.39 is 12.7 Å². The van der Waals surface area contributed by atoms with Crippen molar-refractivity contribution in [2.24, 2.45) is 4.99 Å². The zero-order valence-electron chi connectivity index (χ0n) is 14.5. The first-order chi connectivity index (χ1) is 11.4. The first kappa shape index (κ1) is 21.0. The number of hydrogen-bond donors (Lipinski definition) is 2. The first-order valence-corrected chi connectivity index (χ1v) is 8.35. The molecule has 1 rings (SSSR count). The van der Waals surface area contributed by atoms with Gasteiger partial charge in [0.1, 0.15) is 0 Å². The van der Waals surface area contributed by atoms with Crippen molar-refractivity contribution in [2.75, 3.05) is 59.7 Å². The molecule has 6 nitrogen and oxygen atoms in total. The van der Waals surface area contributed by atoms with Crippen LogP contribution in [0.5, 0.6) is 0 Å². The summed E-state index contributed by atoms with van der Waals surface area (Å²) in [5.74, 6) is 0.647. The van der Waals surface area contributed by atoms with Gasteiger partial charge in [0.05, 0.1) is 19.8 Å². The Morgan fingerprint density at radius 3 is 2.75 bits per heavy atom. The van der Waals surface area contributed by atoms with Crippen molar-refractivity contribution in [2.45, 2.75) is 32.0 Å². The number of rotatable bonds is 10. The van der Waals surface area contributed by atoms with Crippen molar-refractivity contribution < 1.29 is 22.6 Å². The summed E-state index contributed by atoms with van der Waals surface area (Å²) >= 11 is 0. The van der Waals surface area contributed by atoms with Gasteiger partial charge < -0.3 is 20.1 Å². The molecule has 0 radical (unpaired) electrons. The molecule has 2 N–H and O–H groups in total. The molecule has 0 spiro atoms. The third kappa shape index (κ3) is 9.94. The molecular formula is C15H29F3N4O2. The molecule has 1 aliphatic heterocycles. The molecule has 9 heteroatoms. The predicted molar refractivity (Wildman–Crippen MR) is 87.3 cm³/mol. The van der Waals surface area contributed by atoms with Crippen molar-refractivity contribution in [3.05, 3.63) is 0 Å². The number of aliphatic imine (C=N–C) groups is 1. The summed E-state index contributed by atoms with van der Waals surface area (Å²) in [5, 5.41) is 6.33. The van der Waals surface area contributed by atoms with Crippen molar-refractivity contribution in [3.63, 3.8) is 0 Å². The minimum atomic E-state index is -4.14. The Morgan fingerprint density at radius 2 is 2.08 bits per heavy atom. The van der Waals surface area contributed by atoms with E-state index >= 15 is 0 Å². The van der Waals surface area contributed by atoms with Crippen LogP contribution < -0.4 is 10.6 Å². The average Bonchev–Trinajstić information content (AvgIpc) is 2.91. The third-order valence-corrected chi connectivity index (χ3v) is 3.51. The number of hydrogen-bond acceptors (Lipinski definition) is 4. The SMILES string of the molecule is CCNC(=NCCCOCCOC)NC1CCN(CC(F)(F)F)C1. The highest BCUT2D eigenvalue weighted by Crippen LogP contribution is 2.19. The van der Waals surface area contributed by atoms with Crippen LogP contribution in [-0.4, -0.2) is 82.7 Å². The molecular weight excluding hydrogens is 325 g/mol. The highest BCUT2D eigenvalue weighted by molar-refractivity contribution is 5.80. The molecule has 1 saturated heterocycles. The van der Waals surface area contributed by atoms with E-state index in [0.29, 0.717) is 58.4 Å². The van der Waals surface area contributed by atoms with Gasteiger partial charge in [-0.25, -0.2) is 0 Å². The van der Waals surface area contributed by atoms with Gasteiger partial charge >= 0.3 is 6.18 Å². The van der Waals surface area contributed by atoms with Gasteiger partial charge in [0.2, 0.25) is 0 Å². The van der Waals surface area contributed by atoms with Crippen LogP contribution in [0.4, 0.5) is 13.2 Å². The number of likely N-dealkylation sites (tertiary alicyclic amines) is 1. The fourth-order valence-corrected chi connectivity index (χ4v) is 2.46. The lowest BCUT2D eigenvalue weighted by Crippen LogP contribution is -2.45. The average molecular weight is 354 g/mol. The van der Waals surface area contributed by atoms with Crippen LogP contribution in [0.25, 0.3) is 0 Å². The van der Waals surface area contributed by atoms with Crippen LogP contribution >= 0.6 is 0 Å². The van der Waals surface area contributed by atoms with Gasteiger partial charge in [-0.3, -0.25) is 9.89 Å². The molecule has 0 aromatic rings. The second kappa shape index (κ2) is 11.5. The summed E-state index contributed by atoms with van der Waals surface area (Å²) in [6.45, 7) is 4.98. The molecule has 0 saturated carbocycles. The van der Waals surface area contributed by atoms with E-state index in [1.807, 2.05) is 6.92 Å². The summed E-state index contributed by atoms with van der Waals surface area (Å²) in [7, 11) is 1.63. The van der Waals surface area contributed by atoms with Crippen LogP contribution in [0, 0.1) is 0 Å². The van der Waals surface area contributed by atoms with E-state index in [1.165, 1.54) is 4.90 Å². The number of methoxy groups -OCH3 is 1. The molecule has 1 aliphatic rings. The lowest BCUT2D eigenvalue weighted by Gasteiger charge is -2.19. The summed E-state index contributed by atoms with van der Waals surface area (Å²) in [6.07, 6.45) is -2.68. The molecule has 1 heterocycles. The zero-order valence-corrected chi connectivity index (χ0v) is 14.5. The summed E-state index contributed by atoms with van der Waals surface area (Å²) in [5.41, 5.74) is 0. The molecule has 0 aliphatic carbocycles. The summed E-state index contributed by atoms with van der Waals surface area (Å²) < 4.78 is 47.5. The molecule has 1 atom stereocenters. The van der Waals surface area contributed by atoms with Crippen LogP contribution in [0.2, 0.25) is 0 Å². The Hall–Kier alpha value is -1.06. The smallest absolute Gasteiger partial charge is 0.382 e.